The number of nitrogens with zero attached hydrogens (tertiary/aromatic N) is 5. The Kier molecular flexibility index (Phi) is 5.17. The van der Waals surface area contributed by atoms with Crippen LogP contribution in [0.15, 0.2) is 12.7 Å². The molecule has 1 aromatic rings. The first-order valence-electron chi connectivity index (χ1n) is 7.35. The number of carbonyl (C=O) groups is 1. The van der Waals surface area contributed by atoms with Gasteiger partial charge in [0.1, 0.15) is 12.7 Å². The Hall–Kier alpha value is -1.48. The van der Waals surface area contributed by atoms with Crippen LogP contribution in [0.5, 0.6) is 0 Å². The zero-order valence-electron chi connectivity index (χ0n) is 13.2. The number of amides is 1. The zero-order chi connectivity index (χ0) is 16.3. The third-order valence-corrected chi connectivity index (χ3v) is 6.14. The van der Waals surface area contributed by atoms with Crippen LogP contribution in [0.25, 0.3) is 0 Å². The van der Waals surface area contributed by atoms with E-state index in [1.54, 1.807) is 25.1 Å². The van der Waals surface area contributed by atoms with Crippen molar-refractivity contribution in [1.82, 2.24) is 24.0 Å². The van der Waals surface area contributed by atoms with Gasteiger partial charge in [-0.25, -0.2) is 17.7 Å². The monoisotopic (exact) mass is 329 g/mol. The van der Waals surface area contributed by atoms with Gasteiger partial charge in [0.2, 0.25) is 15.9 Å². The van der Waals surface area contributed by atoms with E-state index in [0.717, 1.165) is 12.8 Å². The molecule has 1 aromatic heterocycles. The van der Waals surface area contributed by atoms with Crippen molar-refractivity contribution in [1.29, 1.82) is 0 Å². The predicted octanol–water partition coefficient (Wildman–Crippen LogP) is -0.203. The summed E-state index contributed by atoms with van der Waals surface area (Å²) < 4.78 is 28.4. The summed E-state index contributed by atoms with van der Waals surface area (Å²) in [6.45, 7) is 3.00. The quantitative estimate of drug-likeness (QED) is 0.746. The van der Waals surface area contributed by atoms with Crippen LogP contribution in [-0.4, -0.2) is 70.7 Å². The van der Waals surface area contributed by atoms with Crippen LogP contribution in [0.2, 0.25) is 0 Å². The summed E-state index contributed by atoms with van der Waals surface area (Å²) in [5.74, 6) is -0.203. The lowest BCUT2D eigenvalue weighted by atomic mass is 10.00. The van der Waals surface area contributed by atoms with Gasteiger partial charge in [-0.3, -0.25) is 9.48 Å². The molecule has 2 atom stereocenters. The van der Waals surface area contributed by atoms with Crippen LogP contribution in [0, 0.1) is 5.92 Å². The summed E-state index contributed by atoms with van der Waals surface area (Å²) >= 11 is 0. The van der Waals surface area contributed by atoms with Crippen molar-refractivity contribution < 1.29 is 13.2 Å². The van der Waals surface area contributed by atoms with Gasteiger partial charge in [0, 0.05) is 33.7 Å². The standard InChI is InChI=1S/C13H23N5O3S/c1-11(13(19)16(2)3)22(20,21)18-6-4-5-12(8-18)7-17-10-14-9-15-17/h9-12H,4-8H2,1-3H3/t11-,12-/m0/s1. The highest BCUT2D eigenvalue weighted by Crippen LogP contribution is 2.23. The minimum atomic E-state index is -3.62. The maximum absolute atomic E-state index is 12.6. The first-order chi connectivity index (χ1) is 10.3. The molecule has 124 valence electrons. The van der Waals surface area contributed by atoms with Crippen molar-refractivity contribution in [3.05, 3.63) is 12.7 Å². The lowest BCUT2D eigenvalue weighted by molar-refractivity contribution is -0.128. The number of hydrogen-bond acceptors (Lipinski definition) is 5. The third kappa shape index (κ3) is 3.64. The molecule has 0 bridgehead atoms. The average Bonchev–Trinajstić information content (AvgIpc) is 2.98. The summed E-state index contributed by atoms with van der Waals surface area (Å²) in [5.41, 5.74) is 0. The molecule has 0 radical (unpaired) electrons. The van der Waals surface area contributed by atoms with Gasteiger partial charge in [0.25, 0.3) is 0 Å². The highest BCUT2D eigenvalue weighted by molar-refractivity contribution is 7.90. The third-order valence-electron chi connectivity index (χ3n) is 3.99. The maximum Gasteiger partial charge on any atom is 0.241 e. The number of rotatable bonds is 5. The van der Waals surface area contributed by atoms with Gasteiger partial charge in [-0.2, -0.15) is 5.10 Å². The van der Waals surface area contributed by atoms with Gasteiger partial charge >= 0.3 is 0 Å². The van der Waals surface area contributed by atoms with Crippen molar-refractivity contribution in [2.75, 3.05) is 27.2 Å². The molecule has 22 heavy (non-hydrogen) atoms. The molecule has 0 unspecified atom stereocenters. The molecule has 1 fully saturated rings. The van der Waals surface area contributed by atoms with Gasteiger partial charge < -0.3 is 4.90 Å². The molecular formula is C13H23N5O3S. The van der Waals surface area contributed by atoms with Crippen LogP contribution in [0.4, 0.5) is 0 Å². The molecule has 1 amide bonds. The van der Waals surface area contributed by atoms with E-state index in [4.69, 9.17) is 0 Å². The van der Waals surface area contributed by atoms with Crippen molar-refractivity contribution in [2.45, 2.75) is 31.6 Å². The highest BCUT2D eigenvalue weighted by atomic mass is 32.2. The molecule has 2 heterocycles. The second kappa shape index (κ2) is 6.74. The Labute approximate surface area is 131 Å². The van der Waals surface area contributed by atoms with Gasteiger partial charge in [-0.05, 0) is 25.7 Å². The van der Waals surface area contributed by atoms with Crippen LogP contribution in [-0.2, 0) is 21.4 Å². The molecule has 1 saturated heterocycles. The van der Waals surface area contributed by atoms with Crippen molar-refractivity contribution >= 4 is 15.9 Å². The zero-order valence-corrected chi connectivity index (χ0v) is 14.0. The minimum absolute atomic E-state index is 0.187. The number of sulfonamides is 1. The molecule has 0 aliphatic carbocycles. The molecule has 9 heteroatoms. The lowest BCUT2D eigenvalue weighted by Gasteiger charge is -2.33. The average molecular weight is 329 g/mol. The fourth-order valence-corrected chi connectivity index (χ4v) is 4.43. The first kappa shape index (κ1) is 16.9. The van der Waals surface area contributed by atoms with Crippen LogP contribution in [0.1, 0.15) is 19.8 Å². The van der Waals surface area contributed by atoms with Crippen molar-refractivity contribution in [2.24, 2.45) is 5.92 Å². The summed E-state index contributed by atoms with van der Waals surface area (Å²) in [6, 6.07) is 0. The Balaban J connectivity index is 2.06. The van der Waals surface area contributed by atoms with E-state index in [1.807, 2.05) is 0 Å². The summed E-state index contributed by atoms with van der Waals surface area (Å²) in [7, 11) is -0.486. The largest absolute Gasteiger partial charge is 0.348 e. The number of carbonyl (C=O) groups excluding carboxylic acids is 1. The molecule has 8 nitrogen and oxygen atoms in total. The molecule has 0 saturated carbocycles. The van der Waals surface area contributed by atoms with Crippen molar-refractivity contribution in [3.63, 3.8) is 0 Å². The van der Waals surface area contributed by atoms with Crippen LogP contribution < -0.4 is 0 Å². The molecule has 0 aromatic carbocycles. The van der Waals surface area contributed by atoms with E-state index in [0.29, 0.717) is 19.6 Å². The van der Waals surface area contributed by atoms with Crippen molar-refractivity contribution in [3.8, 4) is 0 Å². The first-order valence-corrected chi connectivity index (χ1v) is 8.85. The molecule has 1 aliphatic rings. The van der Waals surface area contributed by atoms with E-state index < -0.39 is 21.2 Å². The minimum Gasteiger partial charge on any atom is -0.348 e. The number of piperidine rings is 1. The maximum atomic E-state index is 12.6. The molecule has 1 aliphatic heterocycles. The molecule has 0 spiro atoms. The Morgan fingerprint density at radius 2 is 2.18 bits per heavy atom. The number of aromatic nitrogens is 3. The Morgan fingerprint density at radius 3 is 2.77 bits per heavy atom. The Morgan fingerprint density at radius 1 is 1.45 bits per heavy atom. The van der Waals surface area contributed by atoms with Gasteiger partial charge in [-0.1, -0.05) is 0 Å². The summed E-state index contributed by atoms with van der Waals surface area (Å²) in [5, 5.41) is 3.01. The van der Waals surface area contributed by atoms with Gasteiger partial charge in [0.05, 0.1) is 0 Å². The molecule has 0 N–H and O–H groups in total. The van der Waals surface area contributed by atoms with E-state index in [1.165, 1.54) is 22.5 Å². The lowest BCUT2D eigenvalue weighted by Crippen LogP contribution is -2.49. The van der Waals surface area contributed by atoms with Gasteiger partial charge in [-0.15, -0.1) is 0 Å². The molecule has 2 rings (SSSR count). The van der Waals surface area contributed by atoms with E-state index in [9.17, 15) is 13.2 Å². The summed E-state index contributed by atoms with van der Waals surface area (Å²) in [4.78, 5) is 17.2. The predicted molar refractivity (Wildman–Crippen MR) is 81.4 cm³/mol. The fourth-order valence-electron chi connectivity index (χ4n) is 2.71. The number of hydrogen-bond donors (Lipinski definition) is 0. The van der Waals surface area contributed by atoms with E-state index >= 15 is 0 Å². The van der Waals surface area contributed by atoms with Gasteiger partial charge in [0.15, 0.2) is 5.25 Å². The Bertz CT molecular complexity index is 599. The van der Waals surface area contributed by atoms with Crippen LogP contribution in [0.3, 0.4) is 0 Å². The second-order valence-corrected chi connectivity index (χ2v) is 8.16. The highest BCUT2D eigenvalue weighted by Gasteiger charge is 2.37. The molecular weight excluding hydrogens is 306 g/mol. The normalized spacial score (nSPS) is 21.5. The van der Waals surface area contributed by atoms with E-state index in [2.05, 4.69) is 10.1 Å². The van der Waals surface area contributed by atoms with Crippen LogP contribution >= 0.6 is 0 Å². The SMILES string of the molecule is C[C@@H](C(=O)N(C)C)S(=O)(=O)N1CCC[C@@H](Cn2cncn2)C1. The second-order valence-electron chi connectivity index (χ2n) is 5.90. The van der Waals surface area contributed by atoms with E-state index in [-0.39, 0.29) is 5.92 Å². The fraction of sp³-hybridized carbons (Fsp3) is 0.769. The summed E-state index contributed by atoms with van der Waals surface area (Å²) in [6.07, 6.45) is 4.84. The topological polar surface area (TPSA) is 88.4 Å². The smallest absolute Gasteiger partial charge is 0.241 e.